The number of nitrogens with zero attached hydrogens (tertiary/aromatic N) is 2. The summed E-state index contributed by atoms with van der Waals surface area (Å²) in [5, 5.41) is 1.25. The first-order valence-corrected chi connectivity index (χ1v) is 8.32. The number of thioether (sulfide) groups is 1. The number of carbonyl (C=O) groups excluding carboxylic acids is 1. The minimum absolute atomic E-state index is 0.137. The van der Waals surface area contributed by atoms with Crippen LogP contribution < -0.4 is 5.43 Å². The van der Waals surface area contributed by atoms with Crippen LogP contribution in [0.2, 0.25) is 0 Å². The smallest absolute Gasteiger partial charge is 0.286 e. The third-order valence-electron chi connectivity index (χ3n) is 3.98. The lowest BCUT2D eigenvalue weighted by Gasteiger charge is -2.14. The summed E-state index contributed by atoms with van der Waals surface area (Å²) in [4.78, 5) is 31.3. The van der Waals surface area contributed by atoms with Crippen LogP contribution in [-0.4, -0.2) is 29.1 Å². The van der Waals surface area contributed by atoms with E-state index in [2.05, 4.69) is 9.89 Å². The van der Waals surface area contributed by atoms with Crippen molar-refractivity contribution in [2.45, 2.75) is 12.8 Å². The second-order valence-corrected chi connectivity index (χ2v) is 6.53. The van der Waals surface area contributed by atoms with Gasteiger partial charge in [0.15, 0.2) is 10.6 Å². The summed E-state index contributed by atoms with van der Waals surface area (Å²) >= 11 is 1.33. The summed E-state index contributed by atoms with van der Waals surface area (Å²) in [5.74, 6) is -0.288. The van der Waals surface area contributed by atoms with E-state index in [1.54, 1.807) is 24.3 Å². The number of rotatable bonds is 1. The highest BCUT2D eigenvalue weighted by atomic mass is 32.2. The number of para-hydroxylation sites is 1. The van der Waals surface area contributed by atoms with Gasteiger partial charge in [0.1, 0.15) is 11.8 Å². The Bertz CT molecular complexity index is 907. The highest BCUT2D eigenvalue weighted by Crippen LogP contribution is 2.31. The standard InChI is InChI=1S/C17H14N2O3S/c20-15-11(10-22-13-6-2-1-5-12(13)15)9-14-16(21)18-17(23-14)19-7-3-4-8-19/h1-2,5-6,9-10H,3-4,7-8H2/b14-9-. The Morgan fingerprint density at radius 3 is 2.78 bits per heavy atom. The lowest BCUT2D eigenvalue weighted by Crippen LogP contribution is -2.23. The Hall–Kier alpha value is -2.34. The molecular weight excluding hydrogens is 312 g/mol. The van der Waals surface area contributed by atoms with Gasteiger partial charge in [0.2, 0.25) is 0 Å². The van der Waals surface area contributed by atoms with E-state index in [0.717, 1.165) is 31.1 Å². The molecule has 2 aliphatic rings. The van der Waals surface area contributed by atoms with Crippen LogP contribution in [0.4, 0.5) is 0 Å². The Morgan fingerprint density at radius 1 is 1.17 bits per heavy atom. The molecular formula is C17H14N2O3S. The molecule has 0 saturated carbocycles. The highest BCUT2D eigenvalue weighted by Gasteiger charge is 2.27. The van der Waals surface area contributed by atoms with Crippen molar-refractivity contribution in [2.75, 3.05) is 13.1 Å². The van der Waals surface area contributed by atoms with Crippen molar-refractivity contribution in [1.29, 1.82) is 0 Å². The van der Waals surface area contributed by atoms with E-state index < -0.39 is 0 Å². The molecule has 1 fully saturated rings. The molecule has 1 aromatic carbocycles. The molecule has 116 valence electrons. The second-order valence-electron chi connectivity index (χ2n) is 5.52. The second kappa shape index (κ2) is 5.70. The van der Waals surface area contributed by atoms with Gasteiger partial charge in [-0.1, -0.05) is 12.1 Å². The van der Waals surface area contributed by atoms with Crippen LogP contribution in [0, 0.1) is 0 Å². The van der Waals surface area contributed by atoms with Gasteiger partial charge in [-0.3, -0.25) is 9.59 Å². The topological polar surface area (TPSA) is 62.9 Å². The van der Waals surface area contributed by atoms with Gasteiger partial charge in [-0.25, -0.2) is 0 Å². The number of fused-ring (bicyclic) bond motifs is 1. The number of amidine groups is 1. The lowest BCUT2D eigenvalue weighted by molar-refractivity contribution is -0.113. The minimum atomic E-state index is -0.288. The molecule has 4 rings (SSSR count). The number of likely N-dealkylation sites (tertiary alicyclic amines) is 1. The fourth-order valence-electron chi connectivity index (χ4n) is 2.78. The highest BCUT2D eigenvalue weighted by molar-refractivity contribution is 8.18. The normalized spacial score (nSPS) is 19.8. The van der Waals surface area contributed by atoms with Crippen molar-refractivity contribution in [3.8, 4) is 0 Å². The molecule has 0 N–H and O–H groups in total. The molecule has 0 bridgehead atoms. The van der Waals surface area contributed by atoms with E-state index in [-0.39, 0.29) is 11.3 Å². The number of benzene rings is 1. The molecule has 0 atom stereocenters. The summed E-state index contributed by atoms with van der Waals surface area (Å²) in [6, 6.07) is 7.08. The molecule has 2 aliphatic heterocycles. The molecule has 1 amide bonds. The monoisotopic (exact) mass is 326 g/mol. The van der Waals surface area contributed by atoms with E-state index in [1.165, 1.54) is 18.0 Å². The van der Waals surface area contributed by atoms with Crippen molar-refractivity contribution in [3.05, 3.63) is 51.2 Å². The Balaban J connectivity index is 1.67. The molecule has 0 unspecified atom stereocenters. The zero-order valence-corrected chi connectivity index (χ0v) is 13.1. The van der Waals surface area contributed by atoms with E-state index in [4.69, 9.17) is 4.42 Å². The summed E-state index contributed by atoms with van der Waals surface area (Å²) in [5.41, 5.74) is 0.777. The number of amides is 1. The van der Waals surface area contributed by atoms with Crippen molar-refractivity contribution in [3.63, 3.8) is 0 Å². The molecule has 1 aromatic heterocycles. The van der Waals surface area contributed by atoms with Gasteiger partial charge in [0.05, 0.1) is 15.9 Å². The number of hydrogen-bond acceptors (Lipinski definition) is 5. The summed E-state index contributed by atoms with van der Waals surface area (Å²) in [7, 11) is 0. The van der Waals surface area contributed by atoms with Gasteiger partial charge in [0, 0.05) is 13.1 Å². The van der Waals surface area contributed by atoms with E-state index in [1.807, 2.05) is 6.07 Å². The zero-order valence-electron chi connectivity index (χ0n) is 12.3. The maximum Gasteiger partial charge on any atom is 0.286 e. The van der Waals surface area contributed by atoms with Crippen molar-refractivity contribution in [2.24, 2.45) is 4.99 Å². The van der Waals surface area contributed by atoms with Gasteiger partial charge in [0.25, 0.3) is 5.91 Å². The first-order valence-electron chi connectivity index (χ1n) is 7.50. The fraction of sp³-hybridized carbons (Fsp3) is 0.235. The minimum Gasteiger partial charge on any atom is -0.463 e. The number of carbonyl (C=O) groups is 1. The van der Waals surface area contributed by atoms with E-state index in [0.29, 0.717) is 21.4 Å². The molecule has 0 spiro atoms. The van der Waals surface area contributed by atoms with Crippen molar-refractivity contribution >= 4 is 39.9 Å². The van der Waals surface area contributed by atoms with Gasteiger partial charge < -0.3 is 9.32 Å². The largest absolute Gasteiger partial charge is 0.463 e. The molecule has 1 saturated heterocycles. The average Bonchev–Trinajstić information content (AvgIpc) is 3.21. The zero-order chi connectivity index (χ0) is 15.8. The van der Waals surface area contributed by atoms with Gasteiger partial charge in [-0.05, 0) is 42.8 Å². The SMILES string of the molecule is O=C1N=C(N2CCCC2)S/C1=C\c1coc2ccccc2c1=O. The first kappa shape index (κ1) is 14.3. The summed E-state index contributed by atoms with van der Waals surface area (Å²) in [6.45, 7) is 1.87. The molecule has 23 heavy (non-hydrogen) atoms. The van der Waals surface area contributed by atoms with Crippen LogP contribution in [0.25, 0.3) is 17.0 Å². The third-order valence-corrected chi connectivity index (χ3v) is 5.02. The van der Waals surface area contributed by atoms with Crippen molar-refractivity contribution < 1.29 is 9.21 Å². The maximum absolute atomic E-state index is 12.5. The maximum atomic E-state index is 12.5. The Labute approximate surface area is 136 Å². The van der Waals surface area contributed by atoms with Crippen LogP contribution in [0.3, 0.4) is 0 Å². The van der Waals surface area contributed by atoms with Crippen LogP contribution in [0.15, 0.2) is 49.6 Å². The van der Waals surface area contributed by atoms with Gasteiger partial charge in [-0.2, -0.15) is 4.99 Å². The van der Waals surface area contributed by atoms with E-state index in [9.17, 15) is 9.59 Å². The third kappa shape index (κ3) is 2.59. The van der Waals surface area contributed by atoms with E-state index >= 15 is 0 Å². The van der Waals surface area contributed by atoms with Crippen LogP contribution >= 0.6 is 11.8 Å². The first-order chi connectivity index (χ1) is 11.2. The molecule has 5 nitrogen and oxygen atoms in total. The van der Waals surface area contributed by atoms with Gasteiger partial charge >= 0.3 is 0 Å². The number of aliphatic imine (C=N–C) groups is 1. The van der Waals surface area contributed by atoms with Gasteiger partial charge in [-0.15, -0.1) is 0 Å². The van der Waals surface area contributed by atoms with Crippen LogP contribution in [0.1, 0.15) is 18.4 Å². The molecule has 0 aliphatic carbocycles. The predicted molar refractivity (Wildman–Crippen MR) is 91.3 cm³/mol. The average molecular weight is 326 g/mol. The molecule has 6 heteroatoms. The van der Waals surface area contributed by atoms with Crippen LogP contribution in [-0.2, 0) is 4.79 Å². The molecule has 2 aromatic rings. The number of hydrogen-bond donors (Lipinski definition) is 0. The molecule has 3 heterocycles. The van der Waals surface area contributed by atoms with Crippen LogP contribution in [0.5, 0.6) is 0 Å². The quantitative estimate of drug-likeness (QED) is 0.754. The lowest BCUT2D eigenvalue weighted by atomic mass is 10.1. The summed E-state index contributed by atoms with van der Waals surface area (Å²) in [6.07, 6.45) is 5.24. The predicted octanol–water partition coefficient (Wildman–Crippen LogP) is 2.86. The Kier molecular flexibility index (Phi) is 3.53. The molecule has 0 radical (unpaired) electrons. The summed E-state index contributed by atoms with van der Waals surface area (Å²) < 4.78 is 5.48. The van der Waals surface area contributed by atoms with Crippen molar-refractivity contribution in [1.82, 2.24) is 4.90 Å². The fourth-order valence-corrected chi connectivity index (χ4v) is 3.73. The Morgan fingerprint density at radius 2 is 1.96 bits per heavy atom.